The zero-order valence-electron chi connectivity index (χ0n) is 22.7. The van der Waals surface area contributed by atoms with Gasteiger partial charge in [-0.1, -0.05) is 76.6 Å². The molecule has 0 aromatic heterocycles. The molecule has 0 saturated heterocycles. The number of halogens is 4. The molecule has 3 atom stereocenters. The minimum absolute atomic E-state index is 0.0322. The van der Waals surface area contributed by atoms with Crippen molar-refractivity contribution in [2.75, 3.05) is 5.32 Å². The number of carbonyl (C=O) groups excluding carboxylic acids is 2. The van der Waals surface area contributed by atoms with Crippen LogP contribution in [0.5, 0.6) is 0 Å². The molecular weight excluding hydrogens is 591 g/mol. The number of nitrogens with one attached hydrogen (secondary N) is 2. The van der Waals surface area contributed by atoms with Crippen LogP contribution < -0.4 is 10.6 Å². The maximum atomic E-state index is 13.8. The van der Waals surface area contributed by atoms with Crippen LogP contribution in [0.3, 0.4) is 0 Å². The highest BCUT2D eigenvalue weighted by Gasteiger charge is 2.56. The summed E-state index contributed by atoms with van der Waals surface area (Å²) in [5.74, 6) is -4.64. The summed E-state index contributed by atoms with van der Waals surface area (Å²) in [5.41, 5.74) is -0.918. The van der Waals surface area contributed by atoms with Gasteiger partial charge in [0.2, 0.25) is 12.1 Å². The number of para-hydroxylation sites is 1. The molecule has 2 amide bonds. The predicted molar refractivity (Wildman–Crippen MR) is 150 cm³/mol. The third kappa shape index (κ3) is 6.56. The first-order chi connectivity index (χ1) is 18.6. The van der Waals surface area contributed by atoms with Crippen LogP contribution in [0.4, 0.5) is 18.9 Å². The Morgan fingerprint density at radius 2 is 1.73 bits per heavy atom. The predicted octanol–water partition coefficient (Wildman–Crippen LogP) is 6.56. The number of amides is 2. The number of aliphatic imine (C=N–C) groups is 1. The van der Waals surface area contributed by atoms with Gasteiger partial charge in [-0.3, -0.25) is 14.4 Å². The van der Waals surface area contributed by atoms with E-state index in [0.717, 1.165) is 0 Å². The number of fused-ring (bicyclic) bond motifs is 1. The number of carboxylic acids is 1. The van der Waals surface area contributed by atoms with Gasteiger partial charge in [0, 0.05) is 22.0 Å². The topological polar surface area (TPSA) is 108 Å². The highest BCUT2D eigenvalue weighted by Crippen LogP contribution is 2.51. The fourth-order valence-corrected chi connectivity index (χ4v) is 5.87. The minimum atomic E-state index is -4.61. The zero-order valence-corrected chi connectivity index (χ0v) is 24.3. The summed E-state index contributed by atoms with van der Waals surface area (Å²) in [6, 6.07) is 14.2. The van der Waals surface area contributed by atoms with E-state index in [-0.39, 0.29) is 6.42 Å². The van der Waals surface area contributed by atoms with E-state index in [0.29, 0.717) is 33.4 Å². The average molecular weight is 624 g/mol. The smallest absolute Gasteiger partial charge is 0.389 e. The van der Waals surface area contributed by atoms with Crippen molar-refractivity contribution < 1.29 is 32.7 Å². The van der Waals surface area contributed by atoms with E-state index >= 15 is 0 Å². The fourth-order valence-electron chi connectivity index (χ4n) is 5.41. The van der Waals surface area contributed by atoms with Crippen LogP contribution in [0, 0.1) is 16.7 Å². The van der Waals surface area contributed by atoms with E-state index in [2.05, 4.69) is 31.6 Å². The quantitative estimate of drug-likeness (QED) is 0.294. The summed E-state index contributed by atoms with van der Waals surface area (Å²) in [5, 5.41) is 15.7. The number of nitrogens with zero attached hydrogens (tertiary/aromatic N) is 1. The second-order valence-electron chi connectivity index (χ2n) is 10.9. The minimum Gasteiger partial charge on any atom is -0.481 e. The van der Waals surface area contributed by atoms with E-state index < -0.39 is 59.7 Å². The van der Waals surface area contributed by atoms with Crippen LogP contribution in [0.2, 0.25) is 0 Å². The molecule has 1 aliphatic rings. The van der Waals surface area contributed by atoms with E-state index in [4.69, 9.17) is 0 Å². The van der Waals surface area contributed by atoms with Gasteiger partial charge in [0.1, 0.15) is 0 Å². The lowest BCUT2D eigenvalue weighted by molar-refractivity contribution is -0.173. The normalized spacial score (nSPS) is 17.9. The van der Waals surface area contributed by atoms with Crippen LogP contribution in [-0.4, -0.2) is 40.9 Å². The van der Waals surface area contributed by atoms with Gasteiger partial charge < -0.3 is 15.7 Å². The second kappa shape index (κ2) is 12.1. The molecule has 3 rings (SSSR count). The Labute approximate surface area is 239 Å². The molecule has 0 fully saturated rings. The Balaban J connectivity index is 2.12. The number of hydrogen-bond donors (Lipinski definition) is 3. The molecule has 0 aliphatic carbocycles. The van der Waals surface area contributed by atoms with E-state index in [9.17, 15) is 32.7 Å². The molecule has 2 aromatic carbocycles. The van der Waals surface area contributed by atoms with Crippen LogP contribution in [0.25, 0.3) is 0 Å². The highest BCUT2D eigenvalue weighted by atomic mass is 79.9. The Hall–Kier alpha value is -3.21. The van der Waals surface area contributed by atoms with Gasteiger partial charge in [0.05, 0.1) is 22.7 Å². The maximum absolute atomic E-state index is 13.8. The number of carboxylic acid groups (broad SMARTS) is 1. The number of benzodiazepines with no additional fused rings is 1. The monoisotopic (exact) mass is 623 g/mol. The number of aliphatic carboxylic acids is 1. The van der Waals surface area contributed by atoms with Crippen LogP contribution in [0.1, 0.15) is 64.5 Å². The van der Waals surface area contributed by atoms with Crippen molar-refractivity contribution >= 4 is 45.1 Å². The lowest BCUT2D eigenvalue weighted by Gasteiger charge is -2.46. The summed E-state index contributed by atoms with van der Waals surface area (Å²) in [4.78, 5) is 44.5. The molecule has 1 heterocycles. The van der Waals surface area contributed by atoms with Gasteiger partial charge in [0.15, 0.2) is 0 Å². The summed E-state index contributed by atoms with van der Waals surface area (Å²) >= 11 is 3.43. The molecule has 3 N–H and O–H groups in total. The van der Waals surface area contributed by atoms with Gasteiger partial charge in [-0.05, 0) is 40.3 Å². The third-order valence-electron chi connectivity index (χ3n) is 7.34. The molecule has 7 nitrogen and oxygen atoms in total. The number of anilines is 1. The molecule has 0 radical (unpaired) electrons. The van der Waals surface area contributed by atoms with Crippen molar-refractivity contribution in [2.24, 2.45) is 21.7 Å². The molecule has 216 valence electrons. The molecule has 1 unspecified atom stereocenters. The van der Waals surface area contributed by atoms with Crippen molar-refractivity contribution in [1.82, 2.24) is 5.32 Å². The molecule has 1 aliphatic heterocycles. The van der Waals surface area contributed by atoms with Crippen LogP contribution in [-0.2, 0) is 14.4 Å². The van der Waals surface area contributed by atoms with Crippen LogP contribution >= 0.6 is 15.9 Å². The lowest BCUT2D eigenvalue weighted by Crippen LogP contribution is -2.56. The van der Waals surface area contributed by atoms with Crippen LogP contribution in [0.15, 0.2) is 58.0 Å². The van der Waals surface area contributed by atoms with E-state index in [1.165, 1.54) is 0 Å². The first-order valence-corrected chi connectivity index (χ1v) is 13.7. The van der Waals surface area contributed by atoms with Gasteiger partial charge in [-0.15, -0.1) is 0 Å². The van der Waals surface area contributed by atoms with E-state index in [1.54, 1.807) is 70.2 Å². The number of rotatable bonds is 9. The molecule has 11 heteroatoms. The summed E-state index contributed by atoms with van der Waals surface area (Å²) in [6.45, 7) is 6.51. The first kappa shape index (κ1) is 31.3. The average Bonchev–Trinajstić information content (AvgIpc) is 2.99. The number of carbonyl (C=O) groups is 3. The van der Waals surface area contributed by atoms with Crippen molar-refractivity contribution in [1.29, 1.82) is 0 Å². The lowest BCUT2D eigenvalue weighted by atomic mass is 9.56. The third-order valence-corrected chi connectivity index (χ3v) is 8.00. The number of benzene rings is 2. The Morgan fingerprint density at radius 1 is 1.07 bits per heavy atom. The zero-order chi connectivity index (χ0) is 29.9. The van der Waals surface area contributed by atoms with Crippen molar-refractivity contribution in [3.8, 4) is 0 Å². The van der Waals surface area contributed by atoms with Gasteiger partial charge in [-0.2, -0.15) is 13.2 Å². The Kier molecular flexibility index (Phi) is 9.49. The molecule has 40 heavy (non-hydrogen) atoms. The Bertz CT molecular complexity index is 1290. The highest BCUT2D eigenvalue weighted by molar-refractivity contribution is 9.10. The summed E-state index contributed by atoms with van der Waals surface area (Å²) < 4.78 is 40.7. The van der Waals surface area contributed by atoms with Crippen molar-refractivity contribution in [3.05, 3.63) is 64.1 Å². The summed E-state index contributed by atoms with van der Waals surface area (Å²) in [7, 11) is 0. The van der Waals surface area contributed by atoms with Crippen molar-refractivity contribution in [2.45, 2.75) is 65.7 Å². The standard InChI is InChI=1S/C29H33BrF3N3O4/c1-5-15-28(26(39)40,27(2,3)4)19(14-16-29(31,32)33)24(37)36-23-25(38)35-22-18(12-9-13-20(22)30)21(34-23)17-10-7-6-8-11-17/h6-13,19,23H,5,14-16H2,1-4H3,(H,35,38)(H,36,37)(H,39,40)/t19-,23?,28+/m0/s1. The van der Waals surface area contributed by atoms with Gasteiger partial charge >= 0.3 is 12.1 Å². The molecular formula is C29H33BrF3N3O4. The second-order valence-corrected chi connectivity index (χ2v) is 11.7. The molecule has 2 aromatic rings. The largest absolute Gasteiger partial charge is 0.481 e. The SMILES string of the molecule is CCC[C@](C(=O)O)([C@@H](CCC(F)(F)F)C(=O)NC1N=C(c2ccccc2)c2cccc(Br)c2NC1=O)C(C)(C)C. The summed E-state index contributed by atoms with van der Waals surface area (Å²) in [6.07, 6.45) is -7.96. The first-order valence-electron chi connectivity index (χ1n) is 13.0. The Morgan fingerprint density at radius 3 is 2.27 bits per heavy atom. The number of hydrogen-bond acceptors (Lipinski definition) is 4. The molecule has 0 bridgehead atoms. The molecule has 0 spiro atoms. The van der Waals surface area contributed by atoms with Gasteiger partial charge in [0.25, 0.3) is 5.91 Å². The maximum Gasteiger partial charge on any atom is 0.389 e. The number of alkyl halides is 3. The van der Waals surface area contributed by atoms with Crippen molar-refractivity contribution in [3.63, 3.8) is 0 Å². The van der Waals surface area contributed by atoms with E-state index in [1.807, 2.05) is 6.07 Å². The fraction of sp³-hybridized carbons (Fsp3) is 0.448. The van der Waals surface area contributed by atoms with Gasteiger partial charge in [-0.25, -0.2) is 4.99 Å². The molecule has 0 saturated carbocycles.